The molecule has 0 unspecified atom stereocenters. The number of aryl methyl sites for hydroxylation is 1. The van der Waals surface area contributed by atoms with Crippen LogP contribution in [0.25, 0.3) is 16.9 Å². The van der Waals surface area contributed by atoms with Crippen molar-refractivity contribution < 1.29 is 9.47 Å². The summed E-state index contributed by atoms with van der Waals surface area (Å²) in [5, 5.41) is 0. The Bertz CT molecular complexity index is 762. The van der Waals surface area contributed by atoms with E-state index < -0.39 is 0 Å². The molecule has 0 aliphatic carbocycles. The van der Waals surface area contributed by atoms with Crippen LogP contribution in [-0.2, 0) is 0 Å². The lowest BCUT2D eigenvalue weighted by Crippen LogP contribution is -1.90. The quantitative estimate of drug-likeness (QED) is 0.731. The highest BCUT2D eigenvalue weighted by Crippen LogP contribution is 2.33. The summed E-state index contributed by atoms with van der Waals surface area (Å²) >= 11 is 0. The molecule has 4 nitrogen and oxygen atoms in total. The lowest BCUT2D eigenvalue weighted by Gasteiger charge is -2.08. The van der Waals surface area contributed by atoms with Gasteiger partial charge < -0.3 is 13.9 Å². The Hall–Kier alpha value is -2.49. The molecule has 3 rings (SSSR count). The first-order valence-corrected chi connectivity index (χ1v) is 6.39. The van der Waals surface area contributed by atoms with Gasteiger partial charge in [-0.3, -0.25) is 0 Å². The van der Waals surface area contributed by atoms with E-state index in [1.165, 1.54) is 0 Å². The number of hydrogen-bond acceptors (Lipinski definition) is 3. The summed E-state index contributed by atoms with van der Waals surface area (Å²) in [5.41, 5.74) is 3.89. The molecule has 3 aromatic rings. The van der Waals surface area contributed by atoms with E-state index in [4.69, 9.17) is 14.5 Å². The first-order chi connectivity index (χ1) is 9.72. The Morgan fingerprint density at radius 3 is 2.65 bits per heavy atom. The van der Waals surface area contributed by atoms with Gasteiger partial charge in [0, 0.05) is 18.0 Å². The van der Waals surface area contributed by atoms with E-state index in [-0.39, 0.29) is 0 Å². The minimum absolute atomic E-state index is 0.784. The van der Waals surface area contributed by atoms with Crippen molar-refractivity contribution in [2.45, 2.75) is 6.92 Å². The maximum Gasteiger partial charge on any atom is 0.140 e. The lowest BCUT2D eigenvalue weighted by atomic mass is 10.1. The number of ether oxygens (including phenoxy) is 2. The Labute approximate surface area is 117 Å². The van der Waals surface area contributed by atoms with E-state index in [1.54, 1.807) is 14.2 Å². The summed E-state index contributed by atoms with van der Waals surface area (Å²) in [6.07, 6.45) is 3.99. The number of pyridine rings is 1. The zero-order valence-electron chi connectivity index (χ0n) is 11.8. The van der Waals surface area contributed by atoms with E-state index in [1.807, 2.05) is 41.1 Å². The number of imidazole rings is 1. The molecule has 0 radical (unpaired) electrons. The number of fused-ring (bicyclic) bond motifs is 1. The van der Waals surface area contributed by atoms with E-state index >= 15 is 0 Å². The third kappa shape index (κ3) is 1.99. The monoisotopic (exact) mass is 268 g/mol. The third-order valence-corrected chi connectivity index (χ3v) is 3.36. The van der Waals surface area contributed by atoms with Crippen LogP contribution in [-0.4, -0.2) is 23.6 Å². The van der Waals surface area contributed by atoms with E-state index in [0.29, 0.717) is 0 Å². The van der Waals surface area contributed by atoms with Crippen LogP contribution in [0.1, 0.15) is 5.56 Å². The molecule has 2 heterocycles. The molecule has 102 valence electrons. The number of rotatable bonds is 3. The van der Waals surface area contributed by atoms with Crippen molar-refractivity contribution in [2.75, 3.05) is 14.2 Å². The minimum atomic E-state index is 0.784. The molecule has 0 N–H and O–H groups in total. The summed E-state index contributed by atoms with van der Waals surface area (Å²) in [7, 11) is 3.31. The number of hydrogen-bond donors (Lipinski definition) is 0. The van der Waals surface area contributed by atoms with Crippen LogP contribution in [0.5, 0.6) is 11.5 Å². The molecule has 0 saturated carbocycles. The molecule has 2 aromatic heterocycles. The second kappa shape index (κ2) is 4.89. The van der Waals surface area contributed by atoms with Crippen LogP contribution >= 0.6 is 0 Å². The average Bonchev–Trinajstić information content (AvgIpc) is 2.92. The molecule has 0 aliphatic rings. The SMILES string of the molecule is COc1ccc(OC)c(-c2cn3cccc(C)c3n2)c1. The normalized spacial score (nSPS) is 10.8. The van der Waals surface area contributed by atoms with Crippen molar-refractivity contribution in [1.82, 2.24) is 9.38 Å². The lowest BCUT2D eigenvalue weighted by molar-refractivity contribution is 0.404. The van der Waals surface area contributed by atoms with Crippen molar-refractivity contribution >= 4 is 5.65 Å². The molecule has 20 heavy (non-hydrogen) atoms. The van der Waals surface area contributed by atoms with Gasteiger partial charge in [0.15, 0.2) is 0 Å². The van der Waals surface area contributed by atoms with Crippen molar-refractivity contribution in [3.63, 3.8) is 0 Å². The van der Waals surface area contributed by atoms with E-state index in [2.05, 4.69) is 13.0 Å². The largest absolute Gasteiger partial charge is 0.497 e. The van der Waals surface area contributed by atoms with Gasteiger partial charge in [0.05, 0.1) is 19.9 Å². The Kier molecular flexibility index (Phi) is 3.06. The molecule has 0 atom stereocenters. The van der Waals surface area contributed by atoms with Crippen LogP contribution in [0, 0.1) is 6.92 Å². The van der Waals surface area contributed by atoms with Crippen molar-refractivity contribution in [3.05, 3.63) is 48.3 Å². The number of aromatic nitrogens is 2. The smallest absolute Gasteiger partial charge is 0.140 e. The van der Waals surface area contributed by atoms with Gasteiger partial charge >= 0.3 is 0 Å². The zero-order valence-corrected chi connectivity index (χ0v) is 11.8. The highest BCUT2D eigenvalue weighted by atomic mass is 16.5. The van der Waals surface area contributed by atoms with Crippen LogP contribution in [0.3, 0.4) is 0 Å². The fourth-order valence-electron chi connectivity index (χ4n) is 2.30. The van der Waals surface area contributed by atoms with Gasteiger partial charge in [-0.05, 0) is 36.8 Å². The van der Waals surface area contributed by atoms with Gasteiger partial charge in [0.25, 0.3) is 0 Å². The summed E-state index contributed by atoms with van der Waals surface area (Å²) in [6.45, 7) is 2.05. The molecule has 0 spiro atoms. The average molecular weight is 268 g/mol. The number of nitrogens with zero attached hydrogens (tertiary/aromatic N) is 2. The van der Waals surface area contributed by atoms with Gasteiger partial charge in [0.1, 0.15) is 17.1 Å². The highest BCUT2D eigenvalue weighted by Gasteiger charge is 2.12. The molecule has 0 bridgehead atoms. The van der Waals surface area contributed by atoms with Gasteiger partial charge in [-0.2, -0.15) is 0 Å². The number of methoxy groups -OCH3 is 2. The van der Waals surface area contributed by atoms with Crippen molar-refractivity contribution in [2.24, 2.45) is 0 Å². The Morgan fingerprint density at radius 1 is 1.10 bits per heavy atom. The highest BCUT2D eigenvalue weighted by molar-refractivity contribution is 5.71. The molecule has 1 aromatic carbocycles. The molecule has 0 amide bonds. The van der Waals surface area contributed by atoms with Crippen molar-refractivity contribution in [1.29, 1.82) is 0 Å². The molecule has 0 aliphatic heterocycles. The van der Waals surface area contributed by atoms with Gasteiger partial charge in [-0.15, -0.1) is 0 Å². The fraction of sp³-hybridized carbons (Fsp3) is 0.188. The van der Waals surface area contributed by atoms with Crippen LogP contribution in [0.2, 0.25) is 0 Å². The molecular formula is C16H16N2O2. The zero-order chi connectivity index (χ0) is 14.1. The second-order valence-electron chi connectivity index (χ2n) is 4.61. The first-order valence-electron chi connectivity index (χ1n) is 6.39. The predicted molar refractivity (Wildman–Crippen MR) is 78.5 cm³/mol. The molecular weight excluding hydrogens is 252 g/mol. The number of benzene rings is 1. The Morgan fingerprint density at radius 2 is 1.95 bits per heavy atom. The van der Waals surface area contributed by atoms with Crippen LogP contribution in [0.4, 0.5) is 0 Å². The van der Waals surface area contributed by atoms with Gasteiger partial charge in [0.2, 0.25) is 0 Å². The van der Waals surface area contributed by atoms with Crippen molar-refractivity contribution in [3.8, 4) is 22.8 Å². The predicted octanol–water partition coefficient (Wildman–Crippen LogP) is 3.33. The summed E-state index contributed by atoms with van der Waals surface area (Å²) in [6, 6.07) is 9.77. The maximum atomic E-state index is 5.42. The minimum Gasteiger partial charge on any atom is -0.497 e. The molecule has 0 saturated heterocycles. The van der Waals surface area contributed by atoms with E-state index in [0.717, 1.165) is 34.0 Å². The van der Waals surface area contributed by atoms with E-state index in [9.17, 15) is 0 Å². The third-order valence-electron chi connectivity index (χ3n) is 3.36. The molecule has 4 heteroatoms. The second-order valence-corrected chi connectivity index (χ2v) is 4.61. The summed E-state index contributed by atoms with van der Waals surface area (Å²) in [5.74, 6) is 1.57. The Balaban J connectivity index is 2.21. The van der Waals surface area contributed by atoms with Gasteiger partial charge in [-0.25, -0.2) is 4.98 Å². The first kappa shape index (κ1) is 12.5. The summed E-state index contributed by atoms with van der Waals surface area (Å²) in [4.78, 5) is 4.69. The topological polar surface area (TPSA) is 35.8 Å². The van der Waals surface area contributed by atoms with Gasteiger partial charge in [-0.1, -0.05) is 6.07 Å². The standard InChI is InChI=1S/C16H16N2O2/c1-11-5-4-8-18-10-14(17-16(11)18)13-9-12(19-2)6-7-15(13)20-3/h4-10H,1-3H3. The molecule has 0 fully saturated rings. The van der Waals surface area contributed by atoms with Crippen LogP contribution in [0.15, 0.2) is 42.7 Å². The maximum absolute atomic E-state index is 5.42. The summed E-state index contributed by atoms with van der Waals surface area (Å²) < 4.78 is 12.7. The van der Waals surface area contributed by atoms with Crippen LogP contribution < -0.4 is 9.47 Å². The fourth-order valence-corrected chi connectivity index (χ4v) is 2.30.